The molecule has 1 radical (unpaired) electrons. The fourth-order valence-corrected chi connectivity index (χ4v) is 7.74. The highest BCUT2D eigenvalue weighted by molar-refractivity contribution is 6.33. The van der Waals surface area contributed by atoms with Crippen LogP contribution in [0.15, 0.2) is 4.99 Å². The summed E-state index contributed by atoms with van der Waals surface area (Å²) in [7, 11) is 4.22. The molecule has 4 saturated carbocycles. The lowest BCUT2D eigenvalue weighted by Gasteiger charge is -2.59. The Bertz CT molecular complexity index is 499. The van der Waals surface area contributed by atoms with Crippen molar-refractivity contribution in [2.24, 2.45) is 39.5 Å². The number of aliphatic imine (C=N–C) groups is 1. The van der Waals surface area contributed by atoms with E-state index in [0.717, 1.165) is 23.7 Å². The lowest BCUT2D eigenvalue weighted by atomic mass is 9.45. The molecule has 4 aliphatic carbocycles. The first-order valence-electron chi connectivity index (χ1n) is 12.7. The van der Waals surface area contributed by atoms with Gasteiger partial charge in [0.1, 0.15) is 7.28 Å². The predicted octanol–water partition coefficient (Wildman–Crippen LogP) is 8.08. The molecule has 0 N–H and O–H groups in total. The summed E-state index contributed by atoms with van der Waals surface area (Å²) in [6.07, 6.45) is 17.3. The van der Waals surface area contributed by atoms with E-state index >= 15 is 0 Å². The van der Waals surface area contributed by atoms with Crippen molar-refractivity contribution in [1.82, 2.24) is 0 Å². The van der Waals surface area contributed by atoms with Gasteiger partial charge in [0.2, 0.25) is 0 Å². The van der Waals surface area contributed by atoms with Crippen molar-refractivity contribution in [3.8, 4) is 0 Å². The quantitative estimate of drug-likeness (QED) is 0.425. The summed E-state index contributed by atoms with van der Waals surface area (Å²) in [5.74, 6) is 4.06. The van der Waals surface area contributed by atoms with Crippen molar-refractivity contribution >= 4 is 13.0 Å². The zero-order valence-corrected chi connectivity index (χ0v) is 20.3. The van der Waals surface area contributed by atoms with Crippen molar-refractivity contribution in [3.05, 3.63) is 0 Å². The molecule has 0 amide bonds. The smallest absolute Gasteiger partial charge is 0.105 e. The van der Waals surface area contributed by atoms with E-state index in [0.29, 0.717) is 10.8 Å². The van der Waals surface area contributed by atoms with Crippen LogP contribution in [0.5, 0.6) is 0 Å². The maximum atomic E-state index is 4.70. The Kier molecular flexibility index (Phi) is 9.15. The molecule has 4 rings (SSSR count). The topological polar surface area (TPSA) is 12.4 Å². The van der Waals surface area contributed by atoms with Crippen LogP contribution in [0.2, 0.25) is 13.1 Å². The van der Waals surface area contributed by atoms with Crippen LogP contribution in [0.25, 0.3) is 0 Å². The van der Waals surface area contributed by atoms with E-state index in [9.17, 15) is 0 Å². The van der Waals surface area contributed by atoms with Crippen LogP contribution >= 0.6 is 0 Å². The van der Waals surface area contributed by atoms with E-state index in [4.69, 9.17) is 4.99 Å². The van der Waals surface area contributed by atoms with E-state index in [-0.39, 0.29) is 0 Å². The lowest BCUT2D eigenvalue weighted by Crippen LogP contribution is -2.52. The molecule has 0 aromatic carbocycles. The molecular formula is C26H49BN. The van der Waals surface area contributed by atoms with E-state index in [2.05, 4.69) is 34.9 Å². The van der Waals surface area contributed by atoms with Gasteiger partial charge in [0, 0.05) is 18.2 Å². The Hall–Kier alpha value is -0.265. The number of rotatable bonds is 2. The summed E-state index contributed by atoms with van der Waals surface area (Å²) in [5, 5.41) is 0. The van der Waals surface area contributed by atoms with Crippen molar-refractivity contribution in [2.45, 2.75) is 118 Å². The standard InChI is InChI=1S/C20H33N.C4H10B.C2H6/c1-19-12-5-4-6-14(19)7-8-15-16-9-10-18(21-3)20(16,2)13-11-17(15)19;1-3-4-5-2;1-2/h14-17H,4-13H2,1-3H3;3-4H2,1-2H3;1-2H3. The zero-order chi connectivity index (χ0) is 20.8. The van der Waals surface area contributed by atoms with Gasteiger partial charge in [0.05, 0.1) is 0 Å². The normalized spacial score (nSPS) is 42.8. The summed E-state index contributed by atoms with van der Waals surface area (Å²) in [5.41, 5.74) is 2.71. The Morgan fingerprint density at radius 2 is 1.71 bits per heavy atom. The minimum Gasteiger partial charge on any atom is -0.297 e. The van der Waals surface area contributed by atoms with Crippen LogP contribution in [0, 0.1) is 34.5 Å². The summed E-state index contributed by atoms with van der Waals surface area (Å²) >= 11 is 0. The molecule has 0 aliphatic heterocycles. The van der Waals surface area contributed by atoms with Crippen LogP contribution in [0.1, 0.15) is 105 Å². The SMILES string of the molecule is CC.CN=C1CCC2C3CCC4CCCCC4(C)C3CCC12C.C[B]CCC. The van der Waals surface area contributed by atoms with Crippen LogP contribution < -0.4 is 0 Å². The third-order valence-corrected chi connectivity index (χ3v) is 9.17. The van der Waals surface area contributed by atoms with Gasteiger partial charge < -0.3 is 0 Å². The van der Waals surface area contributed by atoms with Gasteiger partial charge in [-0.1, -0.05) is 67.0 Å². The third-order valence-electron chi connectivity index (χ3n) is 9.17. The van der Waals surface area contributed by atoms with Crippen molar-refractivity contribution in [1.29, 1.82) is 0 Å². The largest absolute Gasteiger partial charge is 0.297 e. The first-order valence-corrected chi connectivity index (χ1v) is 12.7. The number of hydrogen-bond donors (Lipinski definition) is 0. The van der Waals surface area contributed by atoms with E-state index < -0.39 is 0 Å². The summed E-state index contributed by atoms with van der Waals surface area (Å²) in [4.78, 5) is 4.70. The van der Waals surface area contributed by atoms with Crippen LogP contribution in [-0.2, 0) is 0 Å². The van der Waals surface area contributed by atoms with Crippen molar-refractivity contribution in [2.75, 3.05) is 7.05 Å². The van der Waals surface area contributed by atoms with E-state index in [1.165, 1.54) is 76.9 Å². The number of nitrogens with zero attached hydrogens (tertiary/aromatic N) is 1. The molecule has 4 aliphatic rings. The van der Waals surface area contributed by atoms with Gasteiger partial charge in [0.25, 0.3) is 0 Å². The average molecular weight is 386 g/mol. The highest BCUT2D eigenvalue weighted by atomic mass is 14.8. The Morgan fingerprint density at radius 1 is 0.964 bits per heavy atom. The molecule has 0 aromatic heterocycles. The minimum atomic E-state index is 0.466. The Balaban J connectivity index is 0.000000352. The molecule has 1 nitrogen and oxygen atoms in total. The predicted molar refractivity (Wildman–Crippen MR) is 128 cm³/mol. The Morgan fingerprint density at radius 3 is 2.32 bits per heavy atom. The highest BCUT2D eigenvalue weighted by Crippen LogP contribution is 2.65. The van der Waals surface area contributed by atoms with Gasteiger partial charge in [-0.2, -0.15) is 0 Å². The van der Waals surface area contributed by atoms with Crippen LogP contribution in [-0.4, -0.2) is 20.0 Å². The fraction of sp³-hybridized carbons (Fsp3) is 0.962. The van der Waals surface area contributed by atoms with Crippen molar-refractivity contribution < 1.29 is 0 Å². The fourth-order valence-electron chi connectivity index (χ4n) is 7.74. The summed E-state index contributed by atoms with van der Waals surface area (Å²) in [6, 6.07) is 0. The van der Waals surface area contributed by atoms with Gasteiger partial charge in [0.15, 0.2) is 0 Å². The maximum absolute atomic E-state index is 4.70. The first-order chi connectivity index (χ1) is 13.5. The first kappa shape index (κ1) is 24.0. The third kappa shape index (κ3) is 4.41. The van der Waals surface area contributed by atoms with Crippen molar-refractivity contribution in [3.63, 3.8) is 0 Å². The van der Waals surface area contributed by atoms with Crippen LogP contribution in [0.3, 0.4) is 0 Å². The van der Waals surface area contributed by atoms with E-state index in [1.54, 1.807) is 5.71 Å². The molecule has 28 heavy (non-hydrogen) atoms. The average Bonchev–Trinajstić information content (AvgIpc) is 3.06. The molecule has 161 valence electrons. The highest BCUT2D eigenvalue weighted by Gasteiger charge is 2.58. The second kappa shape index (κ2) is 10.7. The molecule has 0 aromatic rings. The summed E-state index contributed by atoms with van der Waals surface area (Å²) in [6.45, 7) is 13.5. The van der Waals surface area contributed by atoms with Gasteiger partial charge >= 0.3 is 0 Å². The second-order valence-electron chi connectivity index (χ2n) is 10.3. The number of fused-ring (bicyclic) bond motifs is 5. The molecule has 6 unspecified atom stereocenters. The van der Waals surface area contributed by atoms with Gasteiger partial charge in [-0.25, -0.2) is 0 Å². The molecule has 0 heterocycles. The van der Waals surface area contributed by atoms with Crippen LogP contribution in [0.4, 0.5) is 0 Å². The number of hydrogen-bond acceptors (Lipinski definition) is 1. The Labute approximate surface area is 178 Å². The molecule has 4 fully saturated rings. The molecular weight excluding hydrogens is 337 g/mol. The zero-order valence-electron chi connectivity index (χ0n) is 20.3. The van der Waals surface area contributed by atoms with Gasteiger partial charge in [-0.3, -0.25) is 4.99 Å². The molecule has 6 atom stereocenters. The van der Waals surface area contributed by atoms with E-state index in [1.807, 2.05) is 20.9 Å². The molecule has 0 saturated heterocycles. The molecule has 2 heteroatoms. The van der Waals surface area contributed by atoms with Gasteiger partial charge in [-0.15, -0.1) is 0 Å². The monoisotopic (exact) mass is 386 g/mol. The lowest BCUT2D eigenvalue weighted by molar-refractivity contribution is -0.0936. The second-order valence-corrected chi connectivity index (χ2v) is 10.3. The van der Waals surface area contributed by atoms with Gasteiger partial charge in [-0.05, 0) is 80.5 Å². The minimum absolute atomic E-state index is 0.466. The maximum Gasteiger partial charge on any atom is 0.105 e. The molecule has 0 spiro atoms. The molecule has 0 bridgehead atoms. The summed E-state index contributed by atoms with van der Waals surface area (Å²) < 4.78 is 0.